The molecule has 0 spiro atoms. The van der Waals surface area contributed by atoms with E-state index in [0.29, 0.717) is 43.5 Å². The van der Waals surface area contributed by atoms with Crippen LogP contribution in [0.15, 0.2) is 78.8 Å². The number of hydrogen-bond acceptors (Lipinski definition) is 6. The maximum atomic E-state index is 13.0. The second kappa shape index (κ2) is 12.7. The number of nitrogens with zero attached hydrogens (tertiary/aromatic N) is 3. The van der Waals surface area contributed by atoms with Crippen molar-refractivity contribution in [2.45, 2.75) is 33.2 Å². The fourth-order valence-electron chi connectivity index (χ4n) is 4.34. The standard InChI is InChI=1S/C29H33N5O3/c1-3-37-29(36)34-17-12-24(13-18-34)21(2)19-22-6-8-25(9-7-22)33-28(35)26-5-4-14-31-27(26)32-20-23-10-15-30-16-11-23/h4-12,14-16,21H,3,13,17-20H2,1-2H3,(H,31,32)(H,33,35). The molecule has 1 aromatic carbocycles. The fraction of sp³-hybridized carbons (Fsp3) is 0.310. The van der Waals surface area contributed by atoms with Crippen LogP contribution in [0.2, 0.25) is 0 Å². The van der Waals surface area contributed by atoms with Crippen LogP contribution in [0.4, 0.5) is 16.3 Å². The molecule has 1 unspecified atom stereocenters. The molecule has 37 heavy (non-hydrogen) atoms. The first kappa shape index (κ1) is 25.9. The molecular formula is C29H33N5O3. The van der Waals surface area contributed by atoms with E-state index < -0.39 is 0 Å². The van der Waals surface area contributed by atoms with Crippen molar-refractivity contribution in [3.05, 3.63) is 95.5 Å². The van der Waals surface area contributed by atoms with E-state index in [1.807, 2.05) is 43.3 Å². The van der Waals surface area contributed by atoms with Crippen LogP contribution >= 0.6 is 0 Å². The maximum absolute atomic E-state index is 13.0. The maximum Gasteiger partial charge on any atom is 0.410 e. The molecule has 0 bridgehead atoms. The smallest absolute Gasteiger partial charge is 0.410 e. The third kappa shape index (κ3) is 7.16. The highest BCUT2D eigenvalue weighted by molar-refractivity contribution is 6.07. The lowest BCUT2D eigenvalue weighted by Gasteiger charge is -2.28. The number of anilines is 2. The Morgan fingerprint density at radius 3 is 2.54 bits per heavy atom. The lowest BCUT2D eigenvalue weighted by Crippen LogP contribution is -2.36. The van der Waals surface area contributed by atoms with Crippen molar-refractivity contribution >= 4 is 23.5 Å². The van der Waals surface area contributed by atoms with Gasteiger partial charge in [-0.25, -0.2) is 9.78 Å². The molecular weight excluding hydrogens is 466 g/mol. The molecule has 0 aliphatic carbocycles. The summed E-state index contributed by atoms with van der Waals surface area (Å²) >= 11 is 0. The molecule has 4 rings (SSSR count). The number of ether oxygens (including phenoxy) is 1. The molecule has 2 N–H and O–H groups in total. The second-order valence-corrected chi connectivity index (χ2v) is 9.04. The Kier molecular flexibility index (Phi) is 8.86. The monoisotopic (exact) mass is 499 g/mol. The highest BCUT2D eigenvalue weighted by atomic mass is 16.6. The average molecular weight is 500 g/mol. The van der Waals surface area contributed by atoms with Gasteiger partial charge in [-0.15, -0.1) is 0 Å². The Morgan fingerprint density at radius 1 is 1.05 bits per heavy atom. The number of amides is 2. The van der Waals surface area contributed by atoms with Gasteiger partial charge in [0, 0.05) is 43.9 Å². The van der Waals surface area contributed by atoms with E-state index in [4.69, 9.17) is 4.74 Å². The van der Waals surface area contributed by atoms with Gasteiger partial charge in [0.25, 0.3) is 5.91 Å². The highest BCUT2D eigenvalue weighted by Gasteiger charge is 2.21. The molecule has 3 heterocycles. The van der Waals surface area contributed by atoms with Crippen LogP contribution in [0.3, 0.4) is 0 Å². The summed E-state index contributed by atoms with van der Waals surface area (Å²) in [5, 5.41) is 6.22. The van der Waals surface area contributed by atoms with Crippen molar-refractivity contribution < 1.29 is 14.3 Å². The second-order valence-electron chi connectivity index (χ2n) is 9.04. The van der Waals surface area contributed by atoms with Crippen molar-refractivity contribution in [1.29, 1.82) is 0 Å². The topological polar surface area (TPSA) is 96.5 Å². The summed E-state index contributed by atoms with van der Waals surface area (Å²) in [5.41, 5.74) is 4.82. The number of pyridine rings is 2. The van der Waals surface area contributed by atoms with Gasteiger partial charge >= 0.3 is 6.09 Å². The molecule has 0 radical (unpaired) electrons. The largest absolute Gasteiger partial charge is 0.450 e. The molecule has 2 amide bonds. The summed E-state index contributed by atoms with van der Waals surface area (Å²) in [4.78, 5) is 35.0. The number of nitrogens with one attached hydrogen (secondary N) is 2. The van der Waals surface area contributed by atoms with E-state index in [-0.39, 0.29) is 12.0 Å². The van der Waals surface area contributed by atoms with Crippen LogP contribution < -0.4 is 10.6 Å². The Hall–Kier alpha value is -4.20. The molecule has 192 valence electrons. The number of carbonyl (C=O) groups is 2. The first-order chi connectivity index (χ1) is 18.0. The number of carbonyl (C=O) groups excluding carboxylic acids is 2. The van der Waals surface area contributed by atoms with Gasteiger partial charge in [-0.2, -0.15) is 0 Å². The zero-order valence-electron chi connectivity index (χ0n) is 21.3. The third-order valence-electron chi connectivity index (χ3n) is 6.42. The molecule has 1 aliphatic rings. The third-order valence-corrected chi connectivity index (χ3v) is 6.42. The van der Waals surface area contributed by atoms with Crippen LogP contribution in [0.5, 0.6) is 0 Å². The number of hydrogen-bond donors (Lipinski definition) is 2. The fourth-order valence-corrected chi connectivity index (χ4v) is 4.34. The summed E-state index contributed by atoms with van der Waals surface area (Å²) in [5.74, 6) is 0.684. The van der Waals surface area contributed by atoms with Crippen LogP contribution in [0.25, 0.3) is 0 Å². The quantitative estimate of drug-likeness (QED) is 0.388. The zero-order valence-corrected chi connectivity index (χ0v) is 21.3. The summed E-state index contributed by atoms with van der Waals surface area (Å²) in [6.07, 6.45) is 8.79. The minimum Gasteiger partial charge on any atom is -0.450 e. The molecule has 2 aromatic heterocycles. The summed E-state index contributed by atoms with van der Waals surface area (Å²) in [7, 11) is 0. The summed E-state index contributed by atoms with van der Waals surface area (Å²) < 4.78 is 5.10. The van der Waals surface area contributed by atoms with E-state index in [9.17, 15) is 9.59 Å². The van der Waals surface area contributed by atoms with Crippen molar-refractivity contribution in [2.75, 3.05) is 30.3 Å². The zero-order chi connectivity index (χ0) is 26.0. The van der Waals surface area contributed by atoms with Gasteiger partial charge in [0.2, 0.25) is 0 Å². The minimum absolute atomic E-state index is 0.218. The average Bonchev–Trinajstić information content (AvgIpc) is 2.94. The van der Waals surface area contributed by atoms with Gasteiger partial charge in [0.15, 0.2) is 0 Å². The molecule has 0 saturated heterocycles. The van der Waals surface area contributed by atoms with E-state index in [2.05, 4.69) is 33.6 Å². The first-order valence-electron chi connectivity index (χ1n) is 12.6. The Labute approximate surface area is 217 Å². The SMILES string of the molecule is CCOC(=O)N1CC=C(C(C)Cc2ccc(NC(=O)c3cccnc3NCc3ccncc3)cc2)CC1. The minimum atomic E-state index is -0.244. The molecule has 0 saturated carbocycles. The summed E-state index contributed by atoms with van der Waals surface area (Å²) in [6.45, 7) is 6.26. The summed E-state index contributed by atoms with van der Waals surface area (Å²) in [6, 6.07) is 15.3. The molecule has 1 atom stereocenters. The van der Waals surface area contributed by atoms with Crippen molar-refractivity contribution in [2.24, 2.45) is 5.92 Å². The van der Waals surface area contributed by atoms with Gasteiger partial charge in [-0.05, 0) is 73.2 Å². The Morgan fingerprint density at radius 2 is 1.84 bits per heavy atom. The van der Waals surface area contributed by atoms with Crippen LogP contribution in [-0.2, 0) is 17.7 Å². The number of aromatic nitrogens is 2. The lowest BCUT2D eigenvalue weighted by atomic mass is 9.89. The predicted molar refractivity (Wildman–Crippen MR) is 144 cm³/mol. The van der Waals surface area contributed by atoms with Crippen LogP contribution in [-0.4, -0.2) is 46.6 Å². The van der Waals surface area contributed by atoms with Gasteiger partial charge in [-0.3, -0.25) is 9.78 Å². The van der Waals surface area contributed by atoms with Gasteiger partial charge in [0.05, 0.1) is 12.2 Å². The number of benzene rings is 1. The first-order valence-corrected chi connectivity index (χ1v) is 12.6. The van der Waals surface area contributed by atoms with E-state index in [1.165, 1.54) is 11.1 Å². The van der Waals surface area contributed by atoms with Crippen molar-refractivity contribution in [3.63, 3.8) is 0 Å². The lowest BCUT2D eigenvalue weighted by molar-refractivity contribution is 0.102. The molecule has 1 aliphatic heterocycles. The molecule has 0 fully saturated rings. The van der Waals surface area contributed by atoms with E-state index in [1.54, 1.807) is 35.6 Å². The Bertz CT molecular complexity index is 1230. The van der Waals surface area contributed by atoms with Crippen LogP contribution in [0, 0.1) is 5.92 Å². The van der Waals surface area contributed by atoms with Crippen molar-refractivity contribution in [3.8, 4) is 0 Å². The molecule has 3 aromatic rings. The number of rotatable bonds is 9. The van der Waals surface area contributed by atoms with Gasteiger partial charge in [0.1, 0.15) is 5.82 Å². The Balaban J connectivity index is 1.32. The van der Waals surface area contributed by atoms with Gasteiger partial charge < -0.3 is 20.3 Å². The molecule has 8 heteroatoms. The predicted octanol–water partition coefficient (Wildman–Crippen LogP) is 5.31. The highest BCUT2D eigenvalue weighted by Crippen LogP contribution is 2.24. The van der Waals surface area contributed by atoms with Crippen molar-refractivity contribution in [1.82, 2.24) is 14.9 Å². The van der Waals surface area contributed by atoms with E-state index in [0.717, 1.165) is 24.1 Å². The van der Waals surface area contributed by atoms with Crippen LogP contribution in [0.1, 0.15) is 41.8 Å². The molecule has 8 nitrogen and oxygen atoms in total. The normalized spacial score (nSPS) is 13.9. The van der Waals surface area contributed by atoms with Gasteiger partial charge in [-0.1, -0.05) is 30.7 Å². The van der Waals surface area contributed by atoms with E-state index >= 15 is 0 Å².